The first-order valence-electron chi connectivity index (χ1n) is 6.48. The number of rotatable bonds is 4. The Balaban J connectivity index is 0.00000220. The fourth-order valence-corrected chi connectivity index (χ4v) is 3.06. The molecule has 21 heavy (non-hydrogen) atoms. The predicted molar refractivity (Wildman–Crippen MR) is 76.6 cm³/mol. The van der Waals surface area contributed by atoms with E-state index in [2.05, 4.69) is 15.6 Å². The van der Waals surface area contributed by atoms with Crippen LogP contribution in [0, 0.1) is 0 Å². The second kappa shape index (κ2) is 7.42. The van der Waals surface area contributed by atoms with Gasteiger partial charge in [-0.3, -0.25) is 4.79 Å². The number of amides is 1. The fraction of sp³-hybridized carbons (Fsp3) is 0.667. The number of thiazole rings is 1. The number of halogens is 4. The standard InChI is InChI=1S/C12H16F3N3OS.ClH/c1-2-7(17-10(19)8-4-3-5-16-8)11-18-9(6-20-11)12(13,14)15;/h6-8,16H,2-5H2,1H3,(H,17,19);1H. The average Bonchev–Trinajstić information content (AvgIpc) is 3.04. The van der Waals surface area contributed by atoms with Crippen molar-refractivity contribution in [2.75, 3.05) is 6.54 Å². The molecule has 1 saturated heterocycles. The molecule has 1 aromatic heterocycles. The van der Waals surface area contributed by atoms with Gasteiger partial charge in [0.25, 0.3) is 0 Å². The lowest BCUT2D eigenvalue weighted by atomic mass is 10.2. The lowest BCUT2D eigenvalue weighted by molar-refractivity contribution is -0.140. The van der Waals surface area contributed by atoms with Crippen molar-refractivity contribution >= 4 is 29.7 Å². The van der Waals surface area contributed by atoms with Crippen LogP contribution in [0.4, 0.5) is 13.2 Å². The fourth-order valence-electron chi connectivity index (χ4n) is 2.10. The van der Waals surface area contributed by atoms with Crippen LogP contribution >= 0.6 is 23.7 Å². The van der Waals surface area contributed by atoms with Crippen molar-refractivity contribution in [3.8, 4) is 0 Å². The Bertz CT molecular complexity index is 475. The van der Waals surface area contributed by atoms with Crippen molar-refractivity contribution in [3.63, 3.8) is 0 Å². The number of nitrogens with zero attached hydrogens (tertiary/aromatic N) is 1. The van der Waals surface area contributed by atoms with E-state index in [0.29, 0.717) is 11.4 Å². The zero-order valence-electron chi connectivity index (χ0n) is 11.4. The van der Waals surface area contributed by atoms with Gasteiger partial charge in [0.05, 0.1) is 12.1 Å². The molecule has 120 valence electrons. The van der Waals surface area contributed by atoms with Crippen molar-refractivity contribution < 1.29 is 18.0 Å². The number of carbonyl (C=O) groups is 1. The molecule has 0 radical (unpaired) electrons. The van der Waals surface area contributed by atoms with E-state index < -0.39 is 17.9 Å². The molecule has 0 aliphatic carbocycles. The van der Waals surface area contributed by atoms with Crippen LogP contribution in [0.2, 0.25) is 0 Å². The van der Waals surface area contributed by atoms with Gasteiger partial charge in [0, 0.05) is 5.38 Å². The summed E-state index contributed by atoms with van der Waals surface area (Å²) in [6.07, 6.45) is -2.24. The van der Waals surface area contributed by atoms with E-state index >= 15 is 0 Å². The number of aromatic nitrogens is 1. The molecule has 1 aliphatic heterocycles. The zero-order chi connectivity index (χ0) is 14.8. The molecule has 9 heteroatoms. The molecule has 0 spiro atoms. The summed E-state index contributed by atoms with van der Waals surface area (Å²) in [6, 6.07) is -0.711. The van der Waals surface area contributed by atoms with Crippen LogP contribution in [0.5, 0.6) is 0 Å². The molecular weight excluding hydrogens is 327 g/mol. The normalized spacial score (nSPS) is 19.9. The minimum absolute atomic E-state index is 0. The second-order valence-electron chi connectivity index (χ2n) is 4.69. The van der Waals surface area contributed by atoms with Crippen LogP contribution in [0.15, 0.2) is 5.38 Å². The molecule has 2 N–H and O–H groups in total. The van der Waals surface area contributed by atoms with Crippen molar-refractivity contribution in [1.29, 1.82) is 0 Å². The van der Waals surface area contributed by atoms with Crippen LogP contribution in [0.3, 0.4) is 0 Å². The van der Waals surface area contributed by atoms with Gasteiger partial charge in [-0.15, -0.1) is 23.7 Å². The molecule has 1 aromatic rings. The highest BCUT2D eigenvalue weighted by Gasteiger charge is 2.34. The quantitative estimate of drug-likeness (QED) is 0.884. The highest BCUT2D eigenvalue weighted by atomic mass is 35.5. The lowest BCUT2D eigenvalue weighted by Gasteiger charge is -2.17. The topological polar surface area (TPSA) is 54.0 Å². The summed E-state index contributed by atoms with van der Waals surface area (Å²) in [6.45, 7) is 2.60. The summed E-state index contributed by atoms with van der Waals surface area (Å²) in [5, 5.41) is 7.11. The Morgan fingerprint density at radius 2 is 2.33 bits per heavy atom. The van der Waals surface area contributed by atoms with E-state index in [1.54, 1.807) is 0 Å². The molecule has 0 aromatic carbocycles. The third-order valence-electron chi connectivity index (χ3n) is 3.21. The summed E-state index contributed by atoms with van der Waals surface area (Å²) < 4.78 is 37.6. The SMILES string of the molecule is CCC(NC(=O)C1CCCN1)c1nc(C(F)(F)F)cs1.Cl. The smallest absolute Gasteiger partial charge is 0.346 e. The summed E-state index contributed by atoms with van der Waals surface area (Å²) in [7, 11) is 0. The van der Waals surface area contributed by atoms with E-state index in [1.807, 2.05) is 6.92 Å². The number of carbonyl (C=O) groups excluding carboxylic acids is 1. The van der Waals surface area contributed by atoms with Gasteiger partial charge >= 0.3 is 6.18 Å². The number of hydrogen-bond donors (Lipinski definition) is 2. The van der Waals surface area contributed by atoms with E-state index in [9.17, 15) is 18.0 Å². The lowest BCUT2D eigenvalue weighted by Crippen LogP contribution is -2.41. The summed E-state index contributed by atoms with van der Waals surface area (Å²) in [4.78, 5) is 15.6. The summed E-state index contributed by atoms with van der Waals surface area (Å²) in [5.74, 6) is -0.168. The molecule has 1 aliphatic rings. The zero-order valence-corrected chi connectivity index (χ0v) is 13.0. The van der Waals surface area contributed by atoms with Crippen LogP contribution in [-0.4, -0.2) is 23.5 Å². The minimum atomic E-state index is -4.44. The highest BCUT2D eigenvalue weighted by molar-refractivity contribution is 7.09. The Morgan fingerprint density at radius 1 is 1.62 bits per heavy atom. The predicted octanol–water partition coefficient (Wildman–Crippen LogP) is 2.90. The van der Waals surface area contributed by atoms with Gasteiger partial charge in [-0.1, -0.05) is 6.92 Å². The summed E-state index contributed by atoms with van der Waals surface area (Å²) in [5.41, 5.74) is -0.899. The van der Waals surface area contributed by atoms with Crippen molar-refractivity contribution in [2.24, 2.45) is 0 Å². The molecule has 1 fully saturated rings. The minimum Gasteiger partial charge on any atom is -0.346 e. The number of nitrogens with one attached hydrogen (secondary N) is 2. The van der Waals surface area contributed by atoms with Gasteiger partial charge < -0.3 is 10.6 Å². The molecule has 2 atom stereocenters. The maximum Gasteiger partial charge on any atom is 0.434 e. The van der Waals surface area contributed by atoms with Gasteiger partial charge in [-0.25, -0.2) is 4.98 Å². The monoisotopic (exact) mass is 343 g/mol. The highest BCUT2D eigenvalue weighted by Crippen LogP contribution is 2.32. The third-order valence-corrected chi connectivity index (χ3v) is 4.17. The van der Waals surface area contributed by atoms with Gasteiger partial charge in [-0.05, 0) is 25.8 Å². The molecule has 2 heterocycles. The van der Waals surface area contributed by atoms with E-state index in [0.717, 1.165) is 36.1 Å². The Morgan fingerprint density at radius 3 is 2.81 bits per heavy atom. The second-order valence-corrected chi connectivity index (χ2v) is 5.58. The van der Waals surface area contributed by atoms with Gasteiger partial charge in [0.1, 0.15) is 5.01 Å². The van der Waals surface area contributed by atoms with E-state index in [1.165, 1.54) is 0 Å². The molecular formula is C12H17ClF3N3OS. The third kappa shape index (κ3) is 4.55. The van der Waals surface area contributed by atoms with Crippen molar-refractivity contribution in [1.82, 2.24) is 15.6 Å². The average molecular weight is 344 g/mol. The van der Waals surface area contributed by atoms with Crippen molar-refractivity contribution in [3.05, 3.63) is 16.1 Å². The van der Waals surface area contributed by atoms with Crippen LogP contribution in [-0.2, 0) is 11.0 Å². The first kappa shape index (κ1) is 18.2. The first-order valence-corrected chi connectivity index (χ1v) is 7.36. The maximum atomic E-state index is 12.5. The molecule has 0 saturated carbocycles. The van der Waals surface area contributed by atoms with Crippen LogP contribution < -0.4 is 10.6 Å². The summed E-state index contributed by atoms with van der Waals surface area (Å²) >= 11 is 0.927. The molecule has 4 nitrogen and oxygen atoms in total. The van der Waals surface area contributed by atoms with E-state index in [4.69, 9.17) is 0 Å². The van der Waals surface area contributed by atoms with Gasteiger partial charge in [0.15, 0.2) is 5.69 Å². The first-order chi connectivity index (χ1) is 9.41. The number of hydrogen-bond acceptors (Lipinski definition) is 4. The Kier molecular flexibility index (Phi) is 6.42. The molecule has 0 bridgehead atoms. The van der Waals surface area contributed by atoms with Gasteiger partial charge in [0.2, 0.25) is 5.91 Å². The largest absolute Gasteiger partial charge is 0.434 e. The maximum absolute atomic E-state index is 12.5. The Labute approximate surface area is 130 Å². The number of alkyl halides is 3. The van der Waals surface area contributed by atoms with Crippen LogP contribution in [0.1, 0.15) is 42.9 Å². The molecule has 2 rings (SSSR count). The van der Waals surface area contributed by atoms with Crippen molar-refractivity contribution in [2.45, 2.75) is 44.4 Å². The van der Waals surface area contributed by atoms with E-state index in [-0.39, 0.29) is 24.4 Å². The van der Waals surface area contributed by atoms with Crippen LogP contribution in [0.25, 0.3) is 0 Å². The Hall–Kier alpha value is -0.860. The van der Waals surface area contributed by atoms with Gasteiger partial charge in [-0.2, -0.15) is 13.2 Å². The molecule has 1 amide bonds. The molecule has 2 unspecified atom stereocenters.